The van der Waals surface area contributed by atoms with E-state index < -0.39 is 0 Å². The van der Waals surface area contributed by atoms with Crippen molar-refractivity contribution in [1.29, 1.82) is 0 Å². The van der Waals surface area contributed by atoms with E-state index in [1.165, 1.54) is 11.8 Å². The van der Waals surface area contributed by atoms with Gasteiger partial charge in [-0.05, 0) is 12.1 Å². The fourth-order valence-electron chi connectivity index (χ4n) is 1.56. The van der Waals surface area contributed by atoms with Crippen LogP contribution in [0.4, 0.5) is 0 Å². The lowest BCUT2D eigenvalue weighted by atomic mass is 9.97. The van der Waals surface area contributed by atoms with Crippen LogP contribution in [0.5, 0.6) is 5.75 Å². The first kappa shape index (κ1) is 15.6. The predicted molar refractivity (Wildman–Crippen MR) is 81.0 cm³/mol. The SMILES string of the molecule is CC(C)(C)c1nnc(SCCOc2ccccc2C=O)o1. The van der Waals surface area contributed by atoms with Crippen LogP contribution in [0.1, 0.15) is 37.0 Å². The Balaban J connectivity index is 1.82. The van der Waals surface area contributed by atoms with Gasteiger partial charge in [-0.15, -0.1) is 10.2 Å². The molecule has 0 aliphatic carbocycles. The van der Waals surface area contributed by atoms with E-state index in [1.54, 1.807) is 18.2 Å². The highest BCUT2D eigenvalue weighted by Crippen LogP contribution is 2.24. The fraction of sp³-hybridized carbons (Fsp3) is 0.400. The van der Waals surface area contributed by atoms with Crippen LogP contribution in [0.25, 0.3) is 0 Å². The maximum absolute atomic E-state index is 10.9. The Morgan fingerprint density at radius 3 is 2.71 bits per heavy atom. The van der Waals surface area contributed by atoms with Crippen molar-refractivity contribution in [3.8, 4) is 5.75 Å². The van der Waals surface area contributed by atoms with Crippen LogP contribution in [0.3, 0.4) is 0 Å². The van der Waals surface area contributed by atoms with Crippen LogP contribution in [0.15, 0.2) is 33.9 Å². The molecular weight excluding hydrogens is 288 g/mol. The van der Waals surface area contributed by atoms with Gasteiger partial charge >= 0.3 is 0 Å². The summed E-state index contributed by atoms with van der Waals surface area (Å²) in [5, 5.41) is 8.56. The van der Waals surface area contributed by atoms with Crippen molar-refractivity contribution in [2.75, 3.05) is 12.4 Å². The van der Waals surface area contributed by atoms with E-state index in [1.807, 2.05) is 26.8 Å². The van der Waals surface area contributed by atoms with E-state index in [9.17, 15) is 4.79 Å². The van der Waals surface area contributed by atoms with Crippen molar-refractivity contribution in [1.82, 2.24) is 10.2 Å². The number of carbonyl (C=O) groups excluding carboxylic acids is 1. The molecule has 0 amide bonds. The summed E-state index contributed by atoms with van der Waals surface area (Å²) in [6.45, 7) is 6.53. The number of hydrogen-bond donors (Lipinski definition) is 0. The molecule has 0 spiro atoms. The van der Waals surface area contributed by atoms with Gasteiger partial charge in [-0.2, -0.15) is 0 Å². The van der Waals surface area contributed by atoms with Crippen LogP contribution < -0.4 is 4.74 Å². The maximum Gasteiger partial charge on any atom is 0.276 e. The van der Waals surface area contributed by atoms with Gasteiger partial charge < -0.3 is 9.15 Å². The molecule has 2 aromatic rings. The summed E-state index contributed by atoms with van der Waals surface area (Å²) in [7, 11) is 0. The Labute approximate surface area is 128 Å². The molecule has 0 unspecified atom stereocenters. The average Bonchev–Trinajstić information content (AvgIpc) is 2.93. The largest absolute Gasteiger partial charge is 0.492 e. The Bertz CT molecular complexity index is 605. The third kappa shape index (κ3) is 4.32. The van der Waals surface area contributed by atoms with E-state index in [4.69, 9.17) is 9.15 Å². The number of aldehydes is 1. The number of para-hydroxylation sites is 1. The topological polar surface area (TPSA) is 65.2 Å². The van der Waals surface area contributed by atoms with E-state index in [-0.39, 0.29) is 5.41 Å². The van der Waals surface area contributed by atoms with Crippen LogP contribution in [0.2, 0.25) is 0 Å². The van der Waals surface area contributed by atoms with Crippen molar-refractivity contribution >= 4 is 18.0 Å². The van der Waals surface area contributed by atoms with E-state index in [0.717, 1.165) is 6.29 Å². The molecule has 0 N–H and O–H groups in total. The van der Waals surface area contributed by atoms with E-state index in [0.29, 0.717) is 34.8 Å². The third-order valence-corrected chi connectivity index (χ3v) is 3.44. The zero-order chi connectivity index (χ0) is 15.3. The first-order valence-corrected chi connectivity index (χ1v) is 7.63. The zero-order valence-corrected chi connectivity index (χ0v) is 13.1. The fourth-order valence-corrected chi connectivity index (χ4v) is 2.14. The van der Waals surface area contributed by atoms with Crippen LogP contribution >= 0.6 is 11.8 Å². The number of benzene rings is 1. The quantitative estimate of drug-likeness (QED) is 0.463. The number of carbonyl (C=O) groups is 1. The second-order valence-electron chi connectivity index (χ2n) is 5.48. The van der Waals surface area contributed by atoms with Gasteiger partial charge in [-0.1, -0.05) is 44.7 Å². The van der Waals surface area contributed by atoms with E-state index >= 15 is 0 Å². The summed E-state index contributed by atoms with van der Waals surface area (Å²) in [5.74, 6) is 1.88. The molecule has 2 rings (SSSR count). The molecule has 1 aromatic heterocycles. The molecule has 112 valence electrons. The van der Waals surface area contributed by atoms with Crippen LogP contribution in [-0.2, 0) is 5.41 Å². The molecule has 0 saturated heterocycles. The molecule has 6 heteroatoms. The second kappa shape index (κ2) is 6.76. The molecule has 5 nitrogen and oxygen atoms in total. The van der Waals surface area contributed by atoms with Gasteiger partial charge in [0.1, 0.15) is 5.75 Å². The normalized spacial score (nSPS) is 11.4. The lowest BCUT2D eigenvalue weighted by Gasteiger charge is -2.10. The monoisotopic (exact) mass is 306 g/mol. The summed E-state index contributed by atoms with van der Waals surface area (Å²) in [6.07, 6.45) is 0.788. The highest BCUT2D eigenvalue weighted by atomic mass is 32.2. The van der Waals surface area contributed by atoms with Crippen molar-refractivity contribution in [2.45, 2.75) is 31.4 Å². The molecule has 21 heavy (non-hydrogen) atoms. The summed E-state index contributed by atoms with van der Waals surface area (Å²) >= 11 is 1.44. The Morgan fingerprint density at radius 1 is 1.29 bits per heavy atom. The molecule has 0 atom stereocenters. The number of rotatable bonds is 6. The summed E-state index contributed by atoms with van der Waals surface area (Å²) in [6, 6.07) is 7.14. The molecule has 0 fully saturated rings. The molecule has 1 aromatic carbocycles. The molecule has 0 aliphatic rings. The molecule has 0 radical (unpaired) electrons. The third-order valence-electron chi connectivity index (χ3n) is 2.66. The standard InChI is InChI=1S/C15H18N2O3S/c1-15(2,3)13-16-17-14(20-13)21-9-8-19-12-7-5-4-6-11(12)10-18/h4-7,10H,8-9H2,1-3H3. The average molecular weight is 306 g/mol. The van der Waals surface area contributed by atoms with Gasteiger partial charge in [-0.3, -0.25) is 4.79 Å². The molecule has 0 aliphatic heterocycles. The molecular formula is C15H18N2O3S. The van der Waals surface area contributed by atoms with Crippen molar-refractivity contribution in [3.05, 3.63) is 35.7 Å². The summed E-state index contributed by atoms with van der Waals surface area (Å²) in [5.41, 5.74) is 0.404. The Kier molecular flexibility index (Phi) is 5.01. The summed E-state index contributed by atoms with van der Waals surface area (Å²) in [4.78, 5) is 10.9. The first-order valence-electron chi connectivity index (χ1n) is 6.64. The van der Waals surface area contributed by atoms with Crippen molar-refractivity contribution < 1.29 is 13.9 Å². The maximum atomic E-state index is 10.9. The van der Waals surface area contributed by atoms with Gasteiger partial charge in [0.05, 0.1) is 12.2 Å². The smallest absolute Gasteiger partial charge is 0.276 e. The molecule has 0 bridgehead atoms. The predicted octanol–water partition coefficient (Wildman–Crippen LogP) is 3.35. The molecule has 0 saturated carbocycles. The first-order chi connectivity index (χ1) is 10.0. The van der Waals surface area contributed by atoms with Crippen molar-refractivity contribution in [3.63, 3.8) is 0 Å². The number of ether oxygens (including phenoxy) is 1. The van der Waals surface area contributed by atoms with Gasteiger partial charge in [0.15, 0.2) is 6.29 Å². The van der Waals surface area contributed by atoms with E-state index in [2.05, 4.69) is 10.2 Å². The number of aromatic nitrogens is 2. The minimum atomic E-state index is -0.148. The number of nitrogens with zero attached hydrogens (tertiary/aromatic N) is 2. The zero-order valence-electron chi connectivity index (χ0n) is 12.3. The minimum absolute atomic E-state index is 0.148. The Morgan fingerprint density at radius 2 is 2.05 bits per heavy atom. The minimum Gasteiger partial charge on any atom is -0.492 e. The second-order valence-corrected chi connectivity index (χ2v) is 6.52. The number of hydrogen-bond acceptors (Lipinski definition) is 6. The van der Waals surface area contributed by atoms with Gasteiger partial charge in [0.2, 0.25) is 5.89 Å². The summed E-state index contributed by atoms with van der Waals surface area (Å²) < 4.78 is 11.2. The molecule has 1 heterocycles. The van der Waals surface area contributed by atoms with Crippen LogP contribution in [-0.4, -0.2) is 28.8 Å². The van der Waals surface area contributed by atoms with Gasteiger partial charge in [0, 0.05) is 11.2 Å². The number of thioether (sulfide) groups is 1. The van der Waals surface area contributed by atoms with Gasteiger partial charge in [-0.25, -0.2) is 0 Å². The van der Waals surface area contributed by atoms with Gasteiger partial charge in [0.25, 0.3) is 5.22 Å². The van der Waals surface area contributed by atoms with Crippen molar-refractivity contribution in [2.24, 2.45) is 0 Å². The lowest BCUT2D eigenvalue weighted by Crippen LogP contribution is -2.11. The van der Waals surface area contributed by atoms with Crippen LogP contribution in [0, 0.1) is 0 Å². The Hall–Kier alpha value is -1.82. The highest BCUT2D eigenvalue weighted by molar-refractivity contribution is 7.99. The highest BCUT2D eigenvalue weighted by Gasteiger charge is 2.21. The lowest BCUT2D eigenvalue weighted by molar-refractivity contribution is 0.112.